The third-order valence-corrected chi connectivity index (χ3v) is 5.53. The second-order valence-electron chi connectivity index (χ2n) is 6.58. The number of nitrogens with zero attached hydrogens (tertiary/aromatic N) is 2. The summed E-state index contributed by atoms with van der Waals surface area (Å²) in [5, 5.41) is 3.03. The van der Waals surface area contributed by atoms with E-state index in [1.54, 1.807) is 12.2 Å². The van der Waals surface area contributed by atoms with Crippen LogP contribution in [-0.4, -0.2) is 48.8 Å². The average molecular weight is 430 g/mol. The average Bonchev–Trinajstić information content (AvgIpc) is 2.66. The summed E-state index contributed by atoms with van der Waals surface area (Å²) in [5.41, 5.74) is 2.77. The second-order valence-corrected chi connectivity index (χ2v) is 7.50. The maximum atomic E-state index is 12.6. The highest BCUT2D eigenvalue weighted by molar-refractivity contribution is 9.11. The molecule has 1 heterocycles. The summed E-state index contributed by atoms with van der Waals surface area (Å²) in [6.07, 6.45) is 7.23. The quantitative estimate of drug-likeness (QED) is 0.754. The number of amides is 1. The van der Waals surface area contributed by atoms with E-state index in [4.69, 9.17) is 0 Å². The summed E-state index contributed by atoms with van der Waals surface area (Å²) in [5.74, 6) is -0.0105. The number of hydrogen-bond acceptors (Lipinski definition) is 4. The van der Waals surface area contributed by atoms with Crippen LogP contribution in [0.2, 0.25) is 0 Å². The van der Waals surface area contributed by atoms with Crippen LogP contribution in [0.1, 0.15) is 19.4 Å². The van der Waals surface area contributed by atoms with Crippen molar-refractivity contribution < 1.29 is 9.59 Å². The topological polar surface area (TPSA) is 52.7 Å². The zero-order valence-electron chi connectivity index (χ0n) is 15.6. The van der Waals surface area contributed by atoms with Gasteiger partial charge in [0.2, 0.25) is 5.91 Å². The number of fused-ring (bicyclic) bond motifs is 1. The van der Waals surface area contributed by atoms with Gasteiger partial charge in [-0.1, -0.05) is 54.1 Å². The SMILES string of the molecule is CCN(CC)CC(=O)NC1=Cc2ccccc2N(C2C(=O)C=CC=C2Br)C1. The molecule has 0 spiro atoms. The van der Waals surface area contributed by atoms with E-state index in [2.05, 4.69) is 26.1 Å². The maximum Gasteiger partial charge on any atom is 0.238 e. The summed E-state index contributed by atoms with van der Waals surface area (Å²) < 4.78 is 0.820. The van der Waals surface area contributed by atoms with Gasteiger partial charge in [-0.05, 0) is 42.9 Å². The fraction of sp³-hybridized carbons (Fsp3) is 0.333. The highest BCUT2D eigenvalue weighted by Gasteiger charge is 2.32. The number of hydrogen-bond donors (Lipinski definition) is 1. The Balaban J connectivity index is 1.85. The molecule has 1 aromatic rings. The number of carbonyl (C=O) groups excluding carboxylic acids is 2. The molecule has 3 rings (SSSR count). The maximum absolute atomic E-state index is 12.6. The molecular weight excluding hydrogens is 406 g/mol. The first-order valence-corrected chi connectivity index (χ1v) is 9.98. The molecular formula is C21H24BrN3O2. The third-order valence-electron chi connectivity index (χ3n) is 4.84. The van der Waals surface area contributed by atoms with Gasteiger partial charge in [-0.3, -0.25) is 14.5 Å². The Kier molecular flexibility index (Phi) is 6.29. The van der Waals surface area contributed by atoms with E-state index in [9.17, 15) is 9.59 Å². The molecule has 2 aliphatic rings. The number of likely N-dealkylation sites (N-methyl/N-ethyl adjacent to an activating group) is 1. The van der Waals surface area contributed by atoms with Crippen molar-refractivity contribution in [3.63, 3.8) is 0 Å². The zero-order chi connectivity index (χ0) is 19.4. The lowest BCUT2D eigenvalue weighted by Gasteiger charge is -2.37. The van der Waals surface area contributed by atoms with Gasteiger partial charge in [-0.2, -0.15) is 0 Å². The molecule has 0 bridgehead atoms. The lowest BCUT2D eigenvalue weighted by Crippen LogP contribution is -2.47. The number of carbonyl (C=O) groups is 2. The smallest absolute Gasteiger partial charge is 0.238 e. The molecule has 0 saturated carbocycles. The predicted octanol–water partition coefficient (Wildman–Crippen LogP) is 3.09. The molecule has 1 atom stereocenters. The fourth-order valence-corrected chi connectivity index (χ4v) is 4.03. The third kappa shape index (κ3) is 4.39. The van der Waals surface area contributed by atoms with Crippen molar-refractivity contribution >= 4 is 39.4 Å². The Morgan fingerprint density at radius 3 is 2.74 bits per heavy atom. The lowest BCUT2D eigenvalue weighted by molar-refractivity contribution is -0.121. The van der Waals surface area contributed by atoms with Gasteiger partial charge in [0.15, 0.2) is 5.78 Å². The molecule has 1 N–H and O–H groups in total. The summed E-state index contributed by atoms with van der Waals surface area (Å²) in [6.45, 7) is 6.58. The first-order chi connectivity index (χ1) is 13.0. The van der Waals surface area contributed by atoms with Crippen molar-refractivity contribution in [3.05, 3.63) is 58.2 Å². The molecule has 1 unspecified atom stereocenters. The highest BCUT2D eigenvalue weighted by Crippen LogP contribution is 2.34. The van der Waals surface area contributed by atoms with Crippen LogP contribution in [0.15, 0.2) is 52.7 Å². The number of nitrogens with one attached hydrogen (secondary N) is 1. The Hall–Kier alpha value is -2.18. The van der Waals surface area contributed by atoms with Gasteiger partial charge in [0, 0.05) is 15.9 Å². The summed E-state index contributed by atoms with van der Waals surface area (Å²) >= 11 is 3.54. The van der Waals surface area contributed by atoms with E-state index in [1.165, 1.54) is 0 Å². The van der Waals surface area contributed by atoms with Crippen molar-refractivity contribution in [2.24, 2.45) is 0 Å². The van der Waals surface area contributed by atoms with Crippen LogP contribution in [0.5, 0.6) is 0 Å². The van der Waals surface area contributed by atoms with Gasteiger partial charge in [0.25, 0.3) is 0 Å². The second kappa shape index (κ2) is 8.67. The molecule has 5 nitrogen and oxygen atoms in total. The fourth-order valence-electron chi connectivity index (χ4n) is 3.40. The number of para-hydroxylation sites is 1. The number of halogens is 1. The minimum atomic E-state index is -0.417. The van der Waals surface area contributed by atoms with Gasteiger partial charge >= 0.3 is 0 Å². The first-order valence-electron chi connectivity index (χ1n) is 9.19. The summed E-state index contributed by atoms with van der Waals surface area (Å²) in [4.78, 5) is 29.1. The van der Waals surface area contributed by atoms with E-state index in [0.29, 0.717) is 13.1 Å². The van der Waals surface area contributed by atoms with Crippen molar-refractivity contribution in [3.8, 4) is 0 Å². The number of benzene rings is 1. The highest BCUT2D eigenvalue weighted by atomic mass is 79.9. The molecule has 1 aliphatic carbocycles. The van der Waals surface area contributed by atoms with E-state index < -0.39 is 6.04 Å². The van der Waals surface area contributed by atoms with Crippen molar-refractivity contribution in [1.29, 1.82) is 0 Å². The van der Waals surface area contributed by atoms with Crippen molar-refractivity contribution in [2.75, 3.05) is 31.1 Å². The normalized spacial score (nSPS) is 18.9. The van der Waals surface area contributed by atoms with Crippen LogP contribution in [0, 0.1) is 0 Å². The van der Waals surface area contributed by atoms with E-state index in [-0.39, 0.29) is 11.7 Å². The zero-order valence-corrected chi connectivity index (χ0v) is 17.2. The monoisotopic (exact) mass is 429 g/mol. The van der Waals surface area contributed by atoms with Crippen molar-refractivity contribution in [1.82, 2.24) is 10.2 Å². The minimum Gasteiger partial charge on any atom is -0.350 e. The molecule has 0 radical (unpaired) electrons. The molecule has 1 amide bonds. The number of allylic oxidation sites excluding steroid dienone is 2. The van der Waals surface area contributed by atoms with E-state index >= 15 is 0 Å². The Bertz CT molecular complexity index is 824. The van der Waals surface area contributed by atoms with Crippen LogP contribution in [0.3, 0.4) is 0 Å². The molecule has 1 aromatic carbocycles. The lowest BCUT2D eigenvalue weighted by atomic mass is 9.99. The van der Waals surface area contributed by atoms with Gasteiger partial charge in [-0.25, -0.2) is 0 Å². The molecule has 1 aliphatic heterocycles. The molecule has 142 valence electrons. The van der Waals surface area contributed by atoms with Crippen LogP contribution < -0.4 is 10.2 Å². The Labute approximate surface area is 168 Å². The van der Waals surface area contributed by atoms with Crippen LogP contribution in [0.25, 0.3) is 6.08 Å². The van der Waals surface area contributed by atoms with Gasteiger partial charge in [0.05, 0.1) is 13.1 Å². The summed E-state index contributed by atoms with van der Waals surface area (Å²) in [6, 6.07) is 7.51. The van der Waals surface area contributed by atoms with Crippen LogP contribution in [-0.2, 0) is 9.59 Å². The number of ketones is 1. The van der Waals surface area contributed by atoms with Gasteiger partial charge < -0.3 is 10.2 Å². The molecule has 0 saturated heterocycles. The standard InChI is InChI=1S/C21H24BrN3O2/c1-3-24(4-2)14-20(27)23-16-12-15-8-5-6-10-18(15)25(13-16)21-17(22)9-7-11-19(21)26/h5-12,21H,3-4,13-14H2,1-2H3,(H,23,27). The van der Waals surface area contributed by atoms with Gasteiger partial charge in [-0.15, -0.1) is 0 Å². The molecule has 27 heavy (non-hydrogen) atoms. The molecule has 0 aromatic heterocycles. The van der Waals surface area contributed by atoms with Gasteiger partial charge in [0.1, 0.15) is 6.04 Å². The largest absolute Gasteiger partial charge is 0.350 e. The minimum absolute atomic E-state index is 0.0231. The van der Waals surface area contributed by atoms with E-state index in [1.807, 2.05) is 55.2 Å². The Morgan fingerprint density at radius 1 is 1.30 bits per heavy atom. The Morgan fingerprint density at radius 2 is 2.04 bits per heavy atom. The number of rotatable bonds is 6. The van der Waals surface area contributed by atoms with Crippen LogP contribution >= 0.6 is 15.9 Å². The molecule has 0 fully saturated rings. The number of anilines is 1. The van der Waals surface area contributed by atoms with E-state index in [0.717, 1.165) is 34.5 Å². The summed E-state index contributed by atoms with van der Waals surface area (Å²) in [7, 11) is 0. The van der Waals surface area contributed by atoms with Crippen LogP contribution in [0.4, 0.5) is 5.69 Å². The first kappa shape index (κ1) is 19.6. The molecule has 6 heteroatoms. The predicted molar refractivity (Wildman–Crippen MR) is 113 cm³/mol. The van der Waals surface area contributed by atoms with Crippen molar-refractivity contribution in [2.45, 2.75) is 19.9 Å².